The van der Waals surface area contributed by atoms with Crippen LogP contribution in [0.1, 0.15) is 39.5 Å². The van der Waals surface area contributed by atoms with E-state index in [0.29, 0.717) is 6.42 Å². The van der Waals surface area contributed by atoms with E-state index in [-0.39, 0.29) is 37.0 Å². The average molecular weight is 563 g/mol. The second-order valence-corrected chi connectivity index (χ2v) is 9.13. The topological polar surface area (TPSA) is 281 Å². The molecule has 38 heavy (non-hydrogen) atoms. The minimum absolute atomic E-state index is 0.0986. The maximum atomic E-state index is 12.8. The van der Waals surface area contributed by atoms with Crippen molar-refractivity contribution in [2.45, 2.75) is 63.7 Å². The standard InChI is InChI=1S/C21H38N8O8S/c1-10(2)6-12(18(34)29-14(9-38)20(36)37)28-19(35)13(7-16(31)32)27-15(30)8-26-17(33)11(22)4-3-5-25-21(23)24/h10-14,38H,3-9,22H2,1-2H3,(H,26,33)(H,27,30)(H,28,35)(H,29,34)(H,31,32)(H,36,37)(H4,23,24,25). The molecule has 0 aromatic carbocycles. The number of carbonyl (C=O) groups is 6. The van der Waals surface area contributed by atoms with Gasteiger partial charge in [-0.1, -0.05) is 13.8 Å². The number of aliphatic imine (C=N–C) groups is 1. The number of nitrogens with two attached hydrogens (primary N) is 3. The molecular weight excluding hydrogens is 524 g/mol. The highest BCUT2D eigenvalue weighted by molar-refractivity contribution is 7.80. The SMILES string of the molecule is CC(C)CC(NC(=O)C(CC(=O)O)NC(=O)CNC(=O)C(N)CCCN=C(N)N)C(=O)NC(CS)C(=O)O. The van der Waals surface area contributed by atoms with E-state index in [4.69, 9.17) is 22.3 Å². The molecule has 216 valence electrons. The highest BCUT2D eigenvalue weighted by Crippen LogP contribution is 2.07. The third kappa shape index (κ3) is 14.8. The van der Waals surface area contributed by atoms with E-state index in [1.165, 1.54) is 0 Å². The average Bonchev–Trinajstić information content (AvgIpc) is 2.81. The number of carbonyl (C=O) groups excluding carboxylic acids is 4. The molecule has 0 aromatic heterocycles. The van der Waals surface area contributed by atoms with Gasteiger partial charge < -0.3 is 48.7 Å². The Balaban J connectivity index is 5.18. The molecule has 4 unspecified atom stereocenters. The summed E-state index contributed by atoms with van der Waals surface area (Å²) in [7, 11) is 0. The van der Waals surface area contributed by atoms with Crippen LogP contribution in [0.3, 0.4) is 0 Å². The van der Waals surface area contributed by atoms with E-state index in [1.807, 2.05) is 0 Å². The quantitative estimate of drug-likeness (QED) is 0.0338. The smallest absolute Gasteiger partial charge is 0.327 e. The van der Waals surface area contributed by atoms with Gasteiger partial charge in [-0.05, 0) is 25.2 Å². The van der Waals surface area contributed by atoms with Crippen molar-refractivity contribution in [3.05, 3.63) is 0 Å². The number of hydrogen-bond acceptors (Lipinski definition) is 9. The minimum Gasteiger partial charge on any atom is -0.481 e. The Morgan fingerprint density at radius 1 is 0.895 bits per heavy atom. The molecule has 4 amide bonds. The van der Waals surface area contributed by atoms with Gasteiger partial charge >= 0.3 is 11.9 Å². The molecule has 0 aliphatic heterocycles. The Hall–Kier alpha value is -3.60. The Morgan fingerprint density at radius 2 is 1.47 bits per heavy atom. The van der Waals surface area contributed by atoms with Crippen LogP contribution < -0.4 is 38.5 Å². The first-order valence-corrected chi connectivity index (χ1v) is 12.3. The molecule has 17 heteroatoms. The molecule has 0 rings (SSSR count). The Morgan fingerprint density at radius 3 is 1.97 bits per heavy atom. The van der Waals surface area contributed by atoms with Crippen LogP contribution >= 0.6 is 12.6 Å². The normalized spacial score (nSPS) is 13.8. The number of nitrogens with one attached hydrogen (secondary N) is 4. The monoisotopic (exact) mass is 562 g/mol. The third-order valence-corrected chi connectivity index (χ3v) is 5.26. The van der Waals surface area contributed by atoms with Crippen LogP contribution in [0.2, 0.25) is 0 Å². The molecule has 0 saturated heterocycles. The van der Waals surface area contributed by atoms with Crippen molar-refractivity contribution in [2.75, 3.05) is 18.8 Å². The lowest BCUT2D eigenvalue weighted by Crippen LogP contribution is -2.57. The van der Waals surface area contributed by atoms with Crippen LogP contribution in [-0.4, -0.2) is 94.7 Å². The second kappa shape index (κ2) is 17.8. The number of hydrogen-bond donors (Lipinski definition) is 10. The van der Waals surface area contributed by atoms with Gasteiger partial charge in [0, 0.05) is 12.3 Å². The van der Waals surface area contributed by atoms with Gasteiger partial charge in [0.25, 0.3) is 0 Å². The third-order valence-electron chi connectivity index (χ3n) is 4.90. The Bertz CT molecular complexity index is 881. The molecule has 12 N–H and O–H groups in total. The molecule has 0 bridgehead atoms. The molecule has 4 atom stereocenters. The lowest BCUT2D eigenvalue weighted by Gasteiger charge is -2.25. The summed E-state index contributed by atoms with van der Waals surface area (Å²) in [5.74, 6) is -6.48. The van der Waals surface area contributed by atoms with Crippen molar-refractivity contribution in [1.29, 1.82) is 0 Å². The Kier molecular flexibility index (Phi) is 16.1. The molecule has 0 saturated carbocycles. The summed E-state index contributed by atoms with van der Waals surface area (Å²) in [4.78, 5) is 76.1. The number of guanidine groups is 1. The predicted octanol–water partition coefficient (Wildman–Crippen LogP) is -3.53. The zero-order valence-corrected chi connectivity index (χ0v) is 22.2. The summed E-state index contributed by atoms with van der Waals surface area (Å²) in [5.41, 5.74) is 16.2. The number of amides is 4. The van der Waals surface area contributed by atoms with Gasteiger partial charge in [-0.2, -0.15) is 12.6 Å². The molecule has 0 aliphatic carbocycles. The fraction of sp³-hybridized carbons (Fsp3) is 0.667. The number of rotatable bonds is 18. The fourth-order valence-electron chi connectivity index (χ4n) is 3.01. The van der Waals surface area contributed by atoms with E-state index in [2.05, 4.69) is 38.9 Å². The molecule has 0 spiro atoms. The zero-order valence-electron chi connectivity index (χ0n) is 21.3. The van der Waals surface area contributed by atoms with Gasteiger partial charge in [0.1, 0.15) is 18.1 Å². The number of aliphatic carboxylic acids is 2. The van der Waals surface area contributed by atoms with Crippen LogP contribution in [0, 0.1) is 5.92 Å². The van der Waals surface area contributed by atoms with Crippen LogP contribution in [0.25, 0.3) is 0 Å². The van der Waals surface area contributed by atoms with E-state index < -0.39 is 72.7 Å². The maximum absolute atomic E-state index is 12.8. The summed E-state index contributed by atoms with van der Waals surface area (Å²) in [6.07, 6.45) is -0.0863. The minimum atomic E-state index is -1.59. The summed E-state index contributed by atoms with van der Waals surface area (Å²) in [5, 5.41) is 27.4. The molecule has 0 fully saturated rings. The Labute approximate surface area is 225 Å². The maximum Gasteiger partial charge on any atom is 0.327 e. The van der Waals surface area contributed by atoms with Crippen LogP contribution in [0.5, 0.6) is 0 Å². The van der Waals surface area contributed by atoms with E-state index in [1.54, 1.807) is 13.8 Å². The number of nitrogens with zero attached hydrogens (tertiary/aromatic N) is 1. The van der Waals surface area contributed by atoms with Gasteiger partial charge in [0.05, 0.1) is 19.0 Å². The number of thiol groups is 1. The van der Waals surface area contributed by atoms with Gasteiger partial charge in [-0.25, -0.2) is 4.79 Å². The molecule has 0 aromatic rings. The fourth-order valence-corrected chi connectivity index (χ4v) is 3.26. The summed E-state index contributed by atoms with van der Waals surface area (Å²) in [6, 6.07) is -5.08. The predicted molar refractivity (Wildman–Crippen MR) is 140 cm³/mol. The summed E-state index contributed by atoms with van der Waals surface area (Å²) < 4.78 is 0. The lowest BCUT2D eigenvalue weighted by atomic mass is 10.0. The first-order chi connectivity index (χ1) is 17.7. The van der Waals surface area contributed by atoms with E-state index in [0.717, 1.165) is 0 Å². The van der Waals surface area contributed by atoms with Gasteiger partial charge in [-0.15, -0.1) is 0 Å². The van der Waals surface area contributed by atoms with Gasteiger partial charge in [0.15, 0.2) is 5.96 Å². The van der Waals surface area contributed by atoms with Crippen molar-refractivity contribution in [1.82, 2.24) is 21.3 Å². The van der Waals surface area contributed by atoms with Crippen molar-refractivity contribution >= 4 is 54.2 Å². The zero-order chi connectivity index (χ0) is 29.4. The number of carboxylic acid groups (broad SMARTS) is 2. The largest absolute Gasteiger partial charge is 0.481 e. The highest BCUT2D eigenvalue weighted by Gasteiger charge is 2.30. The van der Waals surface area contributed by atoms with E-state index in [9.17, 15) is 33.9 Å². The van der Waals surface area contributed by atoms with Crippen LogP contribution in [0.15, 0.2) is 4.99 Å². The van der Waals surface area contributed by atoms with E-state index >= 15 is 0 Å². The summed E-state index contributed by atoms with van der Waals surface area (Å²) in [6.45, 7) is 3.17. The first kappa shape index (κ1) is 34.4. The van der Waals surface area contributed by atoms with Crippen LogP contribution in [0.4, 0.5) is 0 Å². The second-order valence-electron chi connectivity index (χ2n) is 8.76. The molecular formula is C21H38N8O8S. The highest BCUT2D eigenvalue weighted by atomic mass is 32.1. The van der Waals surface area contributed by atoms with Crippen molar-refractivity contribution in [3.63, 3.8) is 0 Å². The van der Waals surface area contributed by atoms with Crippen LogP contribution in [-0.2, 0) is 28.8 Å². The molecule has 0 heterocycles. The number of carboxylic acids is 2. The van der Waals surface area contributed by atoms with Gasteiger partial charge in [-0.3, -0.25) is 29.0 Å². The van der Waals surface area contributed by atoms with Gasteiger partial charge in [0.2, 0.25) is 23.6 Å². The van der Waals surface area contributed by atoms with Crippen molar-refractivity contribution < 1.29 is 39.0 Å². The van der Waals surface area contributed by atoms with Crippen molar-refractivity contribution in [2.24, 2.45) is 28.1 Å². The lowest BCUT2D eigenvalue weighted by molar-refractivity contribution is -0.142. The molecule has 16 nitrogen and oxygen atoms in total. The molecule has 0 radical (unpaired) electrons. The first-order valence-electron chi connectivity index (χ1n) is 11.7. The summed E-state index contributed by atoms with van der Waals surface area (Å²) >= 11 is 3.87. The molecule has 0 aliphatic rings. The van der Waals surface area contributed by atoms with Crippen molar-refractivity contribution in [3.8, 4) is 0 Å².